The topological polar surface area (TPSA) is 29.5 Å². The van der Waals surface area contributed by atoms with E-state index >= 15 is 0 Å². The van der Waals surface area contributed by atoms with Crippen LogP contribution in [0.5, 0.6) is 0 Å². The van der Waals surface area contributed by atoms with Crippen LogP contribution in [-0.4, -0.2) is 28.5 Å². The zero-order valence-electron chi connectivity index (χ0n) is 16.0. The molecular weight excluding hydrogens is 390 g/mol. The molecule has 140 valence electrons. The smallest absolute Gasteiger partial charge is 0.259 e. The summed E-state index contributed by atoms with van der Waals surface area (Å²) in [5.41, 5.74) is 1.06. The molecule has 1 aromatic rings. The fourth-order valence-corrected chi connectivity index (χ4v) is 5.75. The number of fused-ring (bicyclic) bond motifs is 1. The molecule has 0 radical (unpaired) electrons. The van der Waals surface area contributed by atoms with Gasteiger partial charge in [0.15, 0.2) is 6.10 Å². The van der Waals surface area contributed by atoms with Crippen LogP contribution >= 0.6 is 15.9 Å². The van der Waals surface area contributed by atoms with Gasteiger partial charge in [0.25, 0.3) is 5.91 Å². The average molecular weight is 418 g/mol. The maximum absolute atomic E-state index is 12.9. The SMILES string of the molecule is C/C=C/[C@H]1[C@@H](O[C@]2(C)C[C@H]3[C@@H](C[C@H]2Br)C3(C)C)C(=O)N1c1ccccc1. The van der Waals surface area contributed by atoms with E-state index in [9.17, 15) is 4.79 Å². The molecule has 6 atom stereocenters. The Morgan fingerprint density at radius 2 is 1.88 bits per heavy atom. The van der Waals surface area contributed by atoms with E-state index in [4.69, 9.17) is 4.74 Å². The molecule has 26 heavy (non-hydrogen) atoms. The Kier molecular flexibility index (Phi) is 4.35. The monoisotopic (exact) mass is 417 g/mol. The molecule has 0 N–H and O–H groups in total. The number of anilines is 1. The van der Waals surface area contributed by atoms with Gasteiger partial charge in [0.05, 0.1) is 11.6 Å². The number of nitrogens with zero attached hydrogens (tertiary/aromatic N) is 1. The zero-order valence-corrected chi connectivity index (χ0v) is 17.6. The van der Waals surface area contributed by atoms with E-state index in [-0.39, 0.29) is 17.6 Å². The summed E-state index contributed by atoms with van der Waals surface area (Å²) >= 11 is 3.88. The number of β-lactam (4-membered cyclic amide) rings is 1. The Hall–Kier alpha value is -1.13. The summed E-state index contributed by atoms with van der Waals surface area (Å²) in [5, 5.41) is 0. The van der Waals surface area contributed by atoms with E-state index in [1.54, 1.807) is 0 Å². The summed E-state index contributed by atoms with van der Waals surface area (Å²) in [6.45, 7) is 8.91. The number of ether oxygens (including phenoxy) is 1. The highest BCUT2D eigenvalue weighted by Gasteiger charge is 2.65. The third kappa shape index (κ3) is 2.68. The zero-order chi connectivity index (χ0) is 18.7. The van der Waals surface area contributed by atoms with Crippen LogP contribution in [0.15, 0.2) is 42.5 Å². The summed E-state index contributed by atoms with van der Waals surface area (Å²) in [7, 11) is 0. The van der Waals surface area contributed by atoms with Crippen molar-refractivity contribution in [1.82, 2.24) is 0 Å². The molecule has 1 heterocycles. The first-order valence-electron chi connectivity index (χ1n) is 9.62. The molecule has 4 heteroatoms. The van der Waals surface area contributed by atoms with Crippen LogP contribution < -0.4 is 4.90 Å². The van der Waals surface area contributed by atoms with Crippen molar-refractivity contribution >= 4 is 27.5 Å². The maximum Gasteiger partial charge on any atom is 0.259 e. The second-order valence-electron chi connectivity index (χ2n) is 8.85. The number of carbonyl (C=O) groups excluding carboxylic acids is 1. The Labute approximate surface area is 164 Å². The van der Waals surface area contributed by atoms with Crippen LogP contribution in [0, 0.1) is 17.3 Å². The van der Waals surface area contributed by atoms with E-state index in [0.717, 1.165) is 24.4 Å². The Bertz CT molecular complexity index is 731. The Morgan fingerprint density at radius 1 is 1.19 bits per heavy atom. The molecule has 0 unspecified atom stereocenters. The Morgan fingerprint density at radius 3 is 2.54 bits per heavy atom. The lowest BCUT2D eigenvalue weighted by molar-refractivity contribution is -0.160. The standard InChI is InChI=1S/C22H28BrNO2/c1-5-9-17-19(20(25)24(17)14-10-7-6-8-11-14)26-22(4)13-16-15(12-18(22)23)21(16,2)3/h5-11,15-19H,12-13H2,1-4H3/b9-5+/t15-,16+,17+,18-,19-,22-/m1/s1. The molecule has 1 amide bonds. The number of hydrogen-bond acceptors (Lipinski definition) is 2. The summed E-state index contributed by atoms with van der Waals surface area (Å²) in [5.74, 6) is 1.56. The summed E-state index contributed by atoms with van der Waals surface area (Å²) in [4.78, 5) is 15.1. The molecule has 2 saturated carbocycles. The molecular formula is C22H28BrNO2. The predicted octanol–water partition coefficient (Wildman–Crippen LogP) is 4.95. The number of amides is 1. The molecule has 3 fully saturated rings. The van der Waals surface area contributed by atoms with E-state index in [1.807, 2.05) is 48.2 Å². The minimum absolute atomic E-state index is 0.0311. The van der Waals surface area contributed by atoms with Gasteiger partial charge in [-0.3, -0.25) is 4.79 Å². The first-order chi connectivity index (χ1) is 12.3. The van der Waals surface area contributed by atoms with Gasteiger partial charge in [-0.1, -0.05) is 60.1 Å². The fourth-order valence-electron chi connectivity index (χ4n) is 5.06. The molecule has 0 spiro atoms. The summed E-state index contributed by atoms with van der Waals surface area (Å²) in [6, 6.07) is 9.84. The van der Waals surface area contributed by atoms with Crippen LogP contribution in [0.25, 0.3) is 0 Å². The van der Waals surface area contributed by atoms with Gasteiger partial charge in [0.1, 0.15) is 0 Å². The molecule has 0 bridgehead atoms. The normalized spacial score (nSPS) is 41.0. The van der Waals surface area contributed by atoms with Crippen molar-refractivity contribution in [1.29, 1.82) is 0 Å². The van der Waals surface area contributed by atoms with Crippen LogP contribution in [0.1, 0.15) is 40.5 Å². The minimum atomic E-state index is -0.394. The summed E-state index contributed by atoms with van der Waals surface area (Å²) < 4.78 is 6.56. The minimum Gasteiger partial charge on any atom is -0.358 e. The molecule has 1 aliphatic heterocycles. The maximum atomic E-state index is 12.9. The van der Waals surface area contributed by atoms with E-state index in [1.165, 1.54) is 0 Å². The first kappa shape index (κ1) is 18.2. The van der Waals surface area contributed by atoms with Gasteiger partial charge >= 0.3 is 0 Å². The van der Waals surface area contributed by atoms with Crippen LogP contribution in [0.2, 0.25) is 0 Å². The van der Waals surface area contributed by atoms with E-state index in [2.05, 4.69) is 42.8 Å². The first-order valence-corrected chi connectivity index (χ1v) is 10.5. The van der Waals surface area contributed by atoms with Gasteiger partial charge in [0, 0.05) is 10.5 Å². The van der Waals surface area contributed by atoms with Crippen molar-refractivity contribution in [2.75, 3.05) is 4.90 Å². The molecule has 2 aliphatic carbocycles. The van der Waals surface area contributed by atoms with E-state index < -0.39 is 6.10 Å². The van der Waals surface area contributed by atoms with Crippen molar-refractivity contribution in [3.63, 3.8) is 0 Å². The number of hydrogen-bond donors (Lipinski definition) is 0. The second kappa shape index (κ2) is 6.20. The highest BCUT2D eigenvalue weighted by Crippen LogP contribution is 2.68. The van der Waals surface area contributed by atoms with Gasteiger partial charge in [-0.25, -0.2) is 0 Å². The van der Waals surface area contributed by atoms with Crippen molar-refractivity contribution in [3.05, 3.63) is 42.5 Å². The van der Waals surface area contributed by atoms with Crippen LogP contribution in [-0.2, 0) is 9.53 Å². The molecule has 3 aliphatic rings. The van der Waals surface area contributed by atoms with Gasteiger partial charge in [-0.2, -0.15) is 0 Å². The lowest BCUT2D eigenvalue weighted by Crippen LogP contribution is -2.68. The van der Waals surface area contributed by atoms with Crippen molar-refractivity contribution in [2.45, 2.75) is 63.1 Å². The second-order valence-corrected chi connectivity index (χ2v) is 9.96. The quantitative estimate of drug-likeness (QED) is 0.393. The van der Waals surface area contributed by atoms with Crippen molar-refractivity contribution < 1.29 is 9.53 Å². The van der Waals surface area contributed by atoms with Crippen molar-refractivity contribution in [3.8, 4) is 0 Å². The highest BCUT2D eigenvalue weighted by atomic mass is 79.9. The fraction of sp³-hybridized carbons (Fsp3) is 0.591. The summed E-state index contributed by atoms with van der Waals surface area (Å²) in [6.07, 6.45) is 5.86. The van der Waals surface area contributed by atoms with E-state index in [0.29, 0.717) is 16.2 Å². The van der Waals surface area contributed by atoms with Crippen molar-refractivity contribution in [2.24, 2.45) is 17.3 Å². The molecule has 1 aromatic carbocycles. The lowest BCUT2D eigenvalue weighted by atomic mass is 9.85. The van der Waals surface area contributed by atoms with Crippen LogP contribution in [0.4, 0.5) is 5.69 Å². The Balaban J connectivity index is 1.53. The molecule has 4 rings (SSSR count). The number of benzene rings is 1. The molecule has 0 aromatic heterocycles. The van der Waals surface area contributed by atoms with Gasteiger partial charge in [-0.05, 0) is 56.1 Å². The number of allylic oxidation sites excluding steroid dienone is 1. The predicted molar refractivity (Wildman–Crippen MR) is 109 cm³/mol. The van der Waals surface area contributed by atoms with Gasteiger partial charge in [0.2, 0.25) is 0 Å². The third-order valence-electron chi connectivity index (χ3n) is 6.95. The molecule has 3 nitrogen and oxygen atoms in total. The van der Waals surface area contributed by atoms with Gasteiger partial charge < -0.3 is 9.64 Å². The number of para-hydroxylation sites is 1. The highest BCUT2D eigenvalue weighted by molar-refractivity contribution is 9.09. The lowest BCUT2D eigenvalue weighted by Gasteiger charge is -2.50. The number of halogens is 1. The van der Waals surface area contributed by atoms with Crippen LogP contribution in [0.3, 0.4) is 0 Å². The third-order valence-corrected chi connectivity index (χ3v) is 8.29. The van der Waals surface area contributed by atoms with Gasteiger partial charge in [-0.15, -0.1) is 0 Å². The average Bonchev–Trinajstić information content (AvgIpc) is 3.13. The largest absolute Gasteiger partial charge is 0.358 e. The number of rotatable bonds is 4. The number of alkyl halides is 1. The molecule has 1 saturated heterocycles. The number of carbonyl (C=O) groups is 1.